The van der Waals surface area contributed by atoms with E-state index in [4.69, 9.17) is 10.5 Å². The van der Waals surface area contributed by atoms with E-state index in [1.807, 2.05) is 20.8 Å². The summed E-state index contributed by atoms with van der Waals surface area (Å²) in [6, 6.07) is 6.19. The van der Waals surface area contributed by atoms with E-state index in [0.717, 1.165) is 17.7 Å². The third-order valence-corrected chi connectivity index (χ3v) is 2.94. The molecule has 0 aliphatic heterocycles. The predicted molar refractivity (Wildman–Crippen MR) is 81.4 cm³/mol. The van der Waals surface area contributed by atoms with Crippen molar-refractivity contribution in [3.05, 3.63) is 35.7 Å². The topological polar surface area (TPSA) is 73.1 Å². The molecular formula is C15H20N4O. The number of nitrogens with zero attached hydrogens (tertiary/aromatic N) is 2. The van der Waals surface area contributed by atoms with Crippen LogP contribution in [0.3, 0.4) is 0 Å². The van der Waals surface area contributed by atoms with Crippen molar-refractivity contribution in [3.63, 3.8) is 0 Å². The number of hydrogen-bond donors (Lipinski definition) is 2. The Morgan fingerprint density at radius 1 is 1.25 bits per heavy atom. The number of rotatable bonds is 5. The van der Waals surface area contributed by atoms with Gasteiger partial charge in [-0.05, 0) is 37.5 Å². The summed E-state index contributed by atoms with van der Waals surface area (Å²) in [6.45, 7) is 6.70. The summed E-state index contributed by atoms with van der Waals surface area (Å²) >= 11 is 0. The average molecular weight is 272 g/mol. The van der Waals surface area contributed by atoms with E-state index in [1.165, 1.54) is 11.9 Å². The minimum absolute atomic E-state index is 0.426. The Morgan fingerprint density at radius 2 is 2.05 bits per heavy atom. The molecule has 0 bridgehead atoms. The Balaban J connectivity index is 2.27. The van der Waals surface area contributed by atoms with Crippen LogP contribution in [0, 0.1) is 13.8 Å². The first kappa shape index (κ1) is 14.1. The summed E-state index contributed by atoms with van der Waals surface area (Å²) in [5.74, 6) is 0.995. The van der Waals surface area contributed by atoms with Crippen LogP contribution >= 0.6 is 0 Å². The summed E-state index contributed by atoms with van der Waals surface area (Å²) < 4.78 is 5.50. The zero-order valence-corrected chi connectivity index (χ0v) is 12.1. The highest BCUT2D eigenvalue weighted by Gasteiger charge is 2.10. The molecule has 0 spiro atoms. The molecule has 2 rings (SSSR count). The summed E-state index contributed by atoms with van der Waals surface area (Å²) in [6.07, 6.45) is 2.36. The van der Waals surface area contributed by atoms with Gasteiger partial charge in [0.15, 0.2) is 5.82 Å². The van der Waals surface area contributed by atoms with Gasteiger partial charge in [-0.2, -0.15) is 4.98 Å². The molecule has 0 saturated heterocycles. The molecule has 1 heterocycles. The van der Waals surface area contributed by atoms with Gasteiger partial charge in [-0.15, -0.1) is 0 Å². The Labute approximate surface area is 119 Å². The fraction of sp³-hybridized carbons (Fsp3) is 0.333. The molecule has 0 radical (unpaired) electrons. The smallest absolute Gasteiger partial charge is 0.242 e. The molecule has 1 aromatic carbocycles. The van der Waals surface area contributed by atoms with Crippen LogP contribution in [-0.4, -0.2) is 16.6 Å². The SMILES string of the molecule is CCCOc1ncnc(Nc2cc(C)ccc2C)c1N. The maximum absolute atomic E-state index is 6.05. The van der Waals surface area contributed by atoms with Crippen LogP contribution in [0.4, 0.5) is 17.2 Å². The first-order chi connectivity index (χ1) is 9.61. The number of ether oxygens (including phenoxy) is 1. The van der Waals surface area contributed by atoms with E-state index in [-0.39, 0.29) is 0 Å². The van der Waals surface area contributed by atoms with Crippen LogP contribution in [0.25, 0.3) is 0 Å². The van der Waals surface area contributed by atoms with Gasteiger partial charge in [-0.3, -0.25) is 0 Å². The van der Waals surface area contributed by atoms with Crippen molar-refractivity contribution in [2.75, 3.05) is 17.7 Å². The third kappa shape index (κ3) is 3.17. The van der Waals surface area contributed by atoms with Crippen molar-refractivity contribution >= 4 is 17.2 Å². The second-order valence-electron chi connectivity index (χ2n) is 4.73. The number of benzene rings is 1. The molecule has 0 unspecified atom stereocenters. The predicted octanol–water partition coefficient (Wildman–Crippen LogP) is 3.21. The Bertz CT molecular complexity index is 598. The van der Waals surface area contributed by atoms with Gasteiger partial charge in [-0.25, -0.2) is 4.98 Å². The van der Waals surface area contributed by atoms with E-state index in [9.17, 15) is 0 Å². The van der Waals surface area contributed by atoms with Gasteiger partial charge >= 0.3 is 0 Å². The van der Waals surface area contributed by atoms with Crippen LogP contribution in [0.2, 0.25) is 0 Å². The number of aryl methyl sites for hydroxylation is 2. The Kier molecular flexibility index (Phi) is 4.40. The van der Waals surface area contributed by atoms with Crippen LogP contribution < -0.4 is 15.8 Å². The highest BCUT2D eigenvalue weighted by atomic mass is 16.5. The fourth-order valence-corrected chi connectivity index (χ4v) is 1.79. The standard InChI is InChI=1S/C15H20N4O/c1-4-7-20-15-13(16)14(17-9-18-15)19-12-8-10(2)5-6-11(12)3/h5-6,8-9H,4,7,16H2,1-3H3,(H,17,18,19). The first-order valence-electron chi connectivity index (χ1n) is 6.69. The Hall–Kier alpha value is -2.30. The molecule has 0 fully saturated rings. The summed E-state index contributed by atoms with van der Waals surface area (Å²) in [4.78, 5) is 8.25. The van der Waals surface area contributed by atoms with Crippen molar-refractivity contribution in [3.8, 4) is 5.88 Å². The van der Waals surface area contributed by atoms with Crippen molar-refractivity contribution < 1.29 is 4.74 Å². The number of aromatic nitrogens is 2. The molecule has 3 N–H and O–H groups in total. The lowest BCUT2D eigenvalue weighted by Crippen LogP contribution is -2.06. The van der Waals surface area contributed by atoms with Crippen LogP contribution in [0.5, 0.6) is 5.88 Å². The zero-order valence-electron chi connectivity index (χ0n) is 12.1. The van der Waals surface area contributed by atoms with Crippen molar-refractivity contribution in [1.82, 2.24) is 9.97 Å². The quantitative estimate of drug-likeness (QED) is 0.874. The number of hydrogen-bond acceptors (Lipinski definition) is 5. The van der Waals surface area contributed by atoms with Crippen molar-refractivity contribution in [2.24, 2.45) is 0 Å². The molecule has 5 heteroatoms. The van der Waals surface area contributed by atoms with E-state index in [1.54, 1.807) is 0 Å². The molecule has 20 heavy (non-hydrogen) atoms. The van der Waals surface area contributed by atoms with Crippen LogP contribution in [-0.2, 0) is 0 Å². The number of nitrogens with two attached hydrogens (primary N) is 1. The minimum Gasteiger partial charge on any atom is -0.476 e. The molecule has 0 amide bonds. The van der Waals surface area contributed by atoms with E-state index < -0.39 is 0 Å². The maximum atomic E-state index is 6.05. The molecule has 0 aliphatic rings. The highest BCUT2D eigenvalue weighted by molar-refractivity contribution is 5.73. The van der Waals surface area contributed by atoms with Gasteiger partial charge in [0.25, 0.3) is 0 Å². The van der Waals surface area contributed by atoms with Gasteiger partial charge in [0, 0.05) is 5.69 Å². The number of nitrogens with one attached hydrogen (secondary N) is 1. The van der Waals surface area contributed by atoms with Crippen molar-refractivity contribution in [2.45, 2.75) is 27.2 Å². The number of nitrogen functional groups attached to an aromatic ring is 1. The van der Waals surface area contributed by atoms with E-state index in [2.05, 4.69) is 33.5 Å². The fourth-order valence-electron chi connectivity index (χ4n) is 1.79. The molecule has 0 aliphatic carbocycles. The van der Waals surface area contributed by atoms with E-state index >= 15 is 0 Å². The molecule has 106 valence electrons. The van der Waals surface area contributed by atoms with Crippen molar-refractivity contribution in [1.29, 1.82) is 0 Å². The minimum atomic E-state index is 0.426. The lowest BCUT2D eigenvalue weighted by molar-refractivity contribution is 0.307. The maximum Gasteiger partial charge on any atom is 0.242 e. The monoisotopic (exact) mass is 272 g/mol. The van der Waals surface area contributed by atoms with Gasteiger partial charge in [0.1, 0.15) is 12.0 Å². The second-order valence-corrected chi connectivity index (χ2v) is 4.73. The normalized spacial score (nSPS) is 10.3. The van der Waals surface area contributed by atoms with Gasteiger partial charge in [-0.1, -0.05) is 19.1 Å². The van der Waals surface area contributed by atoms with Gasteiger partial charge < -0.3 is 15.8 Å². The third-order valence-electron chi connectivity index (χ3n) is 2.94. The average Bonchev–Trinajstić information content (AvgIpc) is 2.44. The zero-order chi connectivity index (χ0) is 14.5. The molecule has 2 aromatic rings. The lowest BCUT2D eigenvalue weighted by Gasteiger charge is -2.13. The van der Waals surface area contributed by atoms with Crippen LogP contribution in [0.1, 0.15) is 24.5 Å². The summed E-state index contributed by atoms with van der Waals surface area (Å²) in [5, 5.41) is 3.24. The molecular weight excluding hydrogens is 252 g/mol. The highest BCUT2D eigenvalue weighted by Crippen LogP contribution is 2.29. The summed E-state index contributed by atoms with van der Waals surface area (Å²) in [5.41, 5.74) is 9.77. The first-order valence-corrected chi connectivity index (χ1v) is 6.69. The molecule has 5 nitrogen and oxygen atoms in total. The van der Waals surface area contributed by atoms with Gasteiger partial charge in [0.05, 0.1) is 6.61 Å². The lowest BCUT2D eigenvalue weighted by atomic mass is 10.1. The van der Waals surface area contributed by atoms with E-state index in [0.29, 0.717) is 24.0 Å². The Morgan fingerprint density at radius 3 is 2.80 bits per heavy atom. The molecule has 1 aromatic heterocycles. The summed E-state index contributed by atoms with van der Waals surface area (Å²) in [7, 11) is 0. The number of anilines is 3. The van der Waals surface area contributed by atoms with Crippen LogP contribution in [0.15, 0.2) is 24.5 Å². The molecule has 0 saturated carbocycles. The van der Waals surface area contributed by atoms with Gasteiger partial charge in [0.2, 0.25) is 5.88 Å². The molecule has 0 atom stereocenters. The largest absolute Gasteiger partial charge is 0.476 e. The second kappa shape index (κ2) is 6.23.